The summed E-state index contributed by atoms with van der Waals surface area (Å²) in [7, 11) is 0. The van der Waals surface area contributed by atoms with Gasteiger partial charge in [0, 0.05) is 0 Å². The van der Waals surface area contributed by atoms with Gasteiger partial charge in [0.1, 0.15) is 18.9 Å². The van der Waals surface area contributed by atoms with Gasteiger partial charge in [-0.15, -0.1) is 0 Å². The third-order valence-corrected chi connectivity index (χ3v) is 7.12. The first-order valence-electron chi connectivity index (χ1n) is 9.89. The maximum absolute atomic E-state index is 12.7. The number of nitrogens with zero attached hydrogens (tertiary/aromatic N) is 1. The molecule has 0 bridgehead atoms. The molecule has 2 aromatic rings. The average molecular weight is 677 g/mol. The molecule has 1 heterocycles. The summed E-state index contributed by atoms with van der Waals surface area (Å²) in [4.78, 5) is 38.2. The van der Waals surface area contributed by atoms with E-state index in [4.69, 9.17) is 9.47 Å². The minimum absolute atomic E-state index is 0.259. The van der Waals surface area contributed by atoms with Crippen LogP contribution < -0.4 is 4.74 Å². The van der Waals surface area contributed by atoms with Crippen LogP contribution in [0.15, 0.2) is 47.4 Å². The van der Waals surface area contributed by atoms with Gasteiger partial charge in [0.15, 0.2) is 0 Å². The van der Waals surface area contributed by atoms with E-state index in [0.29, 0.717) is 13.0 Å². The van der Waals surface area contributed by atoms with Gasteiger partial charge in [0.05, 0.1) is 18.1 Å². The van der Waals surface area contributed by atoms with Gasteiger partial charge in [0.25, 0.3) is 11.1 Å². The average Bonchev–Trinajstić information content (AvgIpc) is 3.01. The number of ether oxygens (including phenoxy) is 2. The summed E-state index contributed by atoms with van der Waals surface area (Å²) in [6.45, 7) is 3.73. The van der Waals surface area contributed by atoms with Crippen LogP contribution in [0.25, 0.3) is 6.08 Å². The van der Waals surface area contributed by atoms with E-state index in [1.807, 2.05) is 49.4 Å². The van der Waals surface area contributed by atoms with E-state index >= 15 is 0 Å². The Kier molecular flexibility index (Phi) is 9.00. The highest BCUT2D eigenvalue weighted by atomic mass is 127. The summed E-state index contributed by atoms with van der Waals surface area (Å²) in [6.07, 6.45) is 2.07. The van der Waals surface area contributed by atoms with E-state index in [1.54, 1.807) is 13.0 Å². The van der Waals surface area contributed by atoms with Crippen LogP contribution in [0, 0.1) is 7.14 Å². The Morgan fingerprint density at radius 3 is 2.44 bits per heavy atom. The molecule has 1 aliphatic rings. The molecule has 0 aromatic heterocycles. The van der Waals surface area contributed by atoms with Crippen LogP contribution in [-0.2, 0) is 20.9 Å². The minimum Gasteiger partial charge on any atom is -0.487 e. The van der Waals surface area contributed by atoms with Gasteiger partial charge in [-0.05, 0) is 99.6 Å². The quantitative estimate of drug-likeness (QED) is 0.199. The number of carbonyl (C=O) groups is 3. The number of amides is 2. The molecular weight excluding hydrogens is 656 g/mol. The molecule has 3 rings (SSSR count). The predicted molar refractivity (Wildman–Crippen MR) is 141 cm³/mol. The van der Waals surface area contributed by atoms with Gasteiger partial charge in [0.2, 0.25) is 0 Å². The van der Waals surface area contributed by atoms with Crippen LogP contribution in [-0.4, -0.2) is 34.7 Å². The van der Waals surface area contributed by atoms with Gasteiger partial charge < -0.3 is 9.47 Å². The van der Waals surface area contributed by atoms with Crippen molar-refractivity contribution in [2.24, 2.45) is 0 Å². The third kappa shape index (κ3) is 6.47. The second-order valence-electron chi connectivity index (χ2n) is 7.06. The lowest BCUT2D eigenvalue weighted by Gasteiger charge is -2.15. The van der Waals surface area contributed by atoms with Gasteiger partial charge >= 0.3 is 5.97 Å². The first-order valence-corrected chi connectivity index (χ1v) is 12.9. The second kappa shape index (κ2) is 11.5. The lowest BCUT2D eigenvalue weighted by Crippen LogP contribution is -2.35. The highest BCUT2D eigenvalue weighted by Gasteiger charge is 2.37. The largest absolute Gasteiger partial charge is 0.487 e. The third-order valence-electron chi connectivity index (χ3n) is 4.61. The van der Waals surface area contributed by atoms with Crippen molar-refractivity contribution >= 4 is 80.1 Å². The Hall–Kier alpha value is -1.60. The van der Waals surface area contributed by atoms with Gasteiger partial charge in [-0.1, -0.05) is 37.3 Å². The fourth-order valence-corrected chi connectivity index (χ4v) is 5.76. The lowest BCUT2D eigenvalue weighted by atomic mass is 10.2. The number of halogens is 2. The van der Waals surface area contributed by atoms with Crippen LogP contribution in [0.2, 0.25) is 0 Å². The number of benzene rings is 2. The van der Waals surface area contributed by atoms with Crippen molar-refractivity contribution in [2.75, 3.05) is 6.54 Å². The smallest absolute Gasteiger partial charge is 0.326 e. The molecule has 0 unspecified atom stereocenters. The van der Waals surface area contributed by atoms with Crippen LogP contribution >= 0.6 is 56.9 Å². The van der Waals surface area contributed by atoms with E-state index in [2.05, 4.69) is 45.2 Å². The zero-order chi connectivity index (χ0) is 23.3. The highest BCUT2D eigenvalue weighted by Crippen LogP contribution is 2.35. The maximum atomic E-state index is 12.7. The zero-order valence-corrected chi connectivity index (χ0v) is 22.6. The van der Waals surface area contributed by atoms with Crippen LogP contribution in [0.5, 0.6) is 5.75 Å². The second-order valence-corrected chi connectivity index (χ2v) is 10.4. The molecule has 1 saturated heterocycles. The van der Waals surface area contributed by atoms with E-state index in [-0.39, 0.29) is 17.6 Å². The minimum atomic E-state index is -0.591. The first-order chi connectivity index (χ1) is 15.3. The topological polar surface area (TPSA) is 72.9 Å². The molecule has 1 fully saturated rings. The highest BCUT2D eigenvalue weighted by molar-refractivity contribution is 14.1. The Morgan fingerprint density at radius 1 is 1.16 bits per heavy atom. The van der Waals surface area contributed by atoms with E-state index in [1.165, 1.54) is 0 Å². The summed E-state index contributed by atoms with van der Waals surface area (Å²) >= 11 is 5.21. The fourth-order valence-electron chi connectivity index (χ4n) is 2.79. The SMILES string of the molecule is CC[C@H](C)OC(=O)CN1C(=O)S/C(=C/c2cc(I)c(OCc3ccccc3)c(I)c2)C1=O. The Morgan fingerprint density at radius 2 is 1.81 bits per heavy atom. The first kappa shape index (κ1) is 25.0. The van der Waals surface area contributed by atoms with Crippen molar-refractivity contribution in [3.63, 3.8) is 0 Å². The number of hydrogen-bond acceptors (Lipinski definition) is 6. The number of thioether (sulfide) groups is 1. The fraction of sp³-hybridized carbons (Fsp3) is 0.261. The van der Waals surface area contributed by atoms with Gasteiger partial charge in [-0.25, -0.2) is 0 Å². The number of rotatable bonds is 8. The molecule has 0 radical (unpaired) electrons. The summed E-state index contributed by atoms with van der Waals surface area (Å²) in [5, 5.41) is -0.477. The van der Waals surface area contributed by atoms with Crippen molar-refractivity contribution in [3.8, 4) is 5.75 Å². The molecule has 0 saturated carbocycles. The van der Waals surface area contributed by atoms with E-state index in [0.717, 1.165) is 40.7 Å². The summed E-state index contributed by atoms with van der Waals surface area (Å²) in [6, 6.07) is 13.7. The molecule has 168 valence electrons. The molecule has 1 atom stereocenters. The van der Waals surface area contributed by atoms with Gasteiger partial charge in [-0.2, -0.15) is 0 Å². The predicted octanol–water partition coefficient (Wildman–Crippen LogP) is 5.85. The van der Waals surface area contributed by atoms with Crippen LogP contribution in [0.1, 0.15) is 31.4 Å². The van der Waals surface area contributed by atoms with E-state index < -0.39 is 17.1 Å². The molecule has 32 heavy (non-hydrogen) atoms. The monoisotopic (exact) mass is 677 g/mol. The molecule has 0 spiro atoms. The lowest BCUT2D eigenvalue weighted by molar-refractivity contribution is -0.150. The molecule has 2 aromatic carbocycles. The van der Waals surface area contributed by atoms with Crippen molar-refractivity contribution in [2.45, 2.75) is 33.0 Å². The molecular formula is C23H21I2NO5S. The molecule has 1 aliphatic heterocycles. The number of imide groups is 1. The number of hydrogen-bond donors (Lipinski definition) is 0. The molecule has 0 aliphatic carbocycles. The van der Waals surface area contributed by atoms with Crippen LogP contribution in [0.4, 0.5) is 4.79 Å². The van der Waals surface area contributed by atoms with Crippen molar-refractivity contribution in [3.05, 3.63) is 65.6 Å². The van der Waals surface area contributed by atoms with Crippen molar-refractivity contribution in [1.82, 2.24) is 4.90 Å². The van der Waals surface area contributed by atoms with E-state index in [9.17, 15) is 14.4 Å². The molecule has 0 N–H and O–H groups in total. The molecule has 9 heteroatoms. The zero-order valence-electron chi connectivity index (χ0n) is 17.5. The number of carbonyl (C=O) groups excluding carboxylic acids is 3. The number of esters is 1. The molecule has 6 nitrogen and oxygen atoms in total. The standard InChI is InChI=1S/C23H21I2NO5S/c1-3-14(2)31-20(27)12-26-22(28)19(32-23(26)29)11-16-9-17(24)21(18(25)10-16)30-13-15-7-5-4-6-8-15/h4-11,14H,3,12-13H2,1-2H3/b19-11+/t14-/m0/s1. The maximum Gasteiger partial charge on any atom is 0.326 e. The summed E-state index contributed by atoms with van der Waals surface area (Å²) < 4.78 is 13.0. The Labute approximate surface area is 218 Å². The van der Waals surface area contributed by atoms with Gasteiger partial charge in [-0.3, -0.25) is 19.3 Å². The summed E-state index contributed by atoms with van der Waals surface area (Å²) in [5.74, 6) is -0.310. The molecule has 2 amide bonds. The normalized spacial score (nSPS) is 15.9. The van der Waals surface area contributed by atoms with Crippen molar-refractivity contribution in [1.29, 1.82) is 0 Å². The van der Waals surface area contributed by atoms with Crippen molar-refractivity contribution < 1.29 is 23.9 Å². The Bertz CT molecular complexity index is 1030. The summed E-state index contributed by atoms with van der Waals surface area (Å²) in [5.41, 5.74) is 1.85. The Balaban J connectivity index is 1.71. The van der Waals surface area contributed by atoms with Crippen LogP contribution in [0.3, 0.4) is 0 Å².